The number of alkyl carbamates (subject to hydrolysis) is 1. The van der Waals surface area contributed by atoms with Gasteiger partial charge in [-0.05, 0) is 109 Å². The second-order valence-corrected chi connectivity index (χ2v) is 11.3. The Bertz CT molecular complexity index is 700. The molecule has 1 heterocycles. The molecule has 0 spiro atoms. The van der Waals surface area contributed by atoms with E-state index in [0.29, 0.717) is 5.41 Å². The monoisotopic (exact) mass is 458 g/mol. The lowest BCUT2D eigenvalue weighted by Crippen LogP contribution is -2.46. The van der Waals surface area contributed by atoms with Crippen LogP contribution in [0.2, 0.25) is 0 Å². The number of rotatable bonds is 9. The summed E-state index contributed by atoms with van der Waals surface area (Å²) in [4.78, 5) is 14.7. The number of carbonyl (C=O) groups excluding carboxylic acids is 1. The number of nitrogens with zero attached hydrogens (tertiary/aromatic N) is 1. The summed E-state index contributed by atoms with van der Waals surface area (Å²) in [7, 11) is 0. The molecule has 2 fully saturated rings. The van der Waals surface area contributed by atoms with E-state index in [4.69, 9.17) is 9.47 Å². The Morgan fingerprint density at radius 1 is 1.09 bits per heavy atom. The Labute approximate surface area is 201 Å². The Hall–Kier alpha value is -1.59. The van der Waals surface area contributed by atoms with Gasteiger partial charge >= 0.3 is 6.09 Å². The molecule has 1 amide bonds. The first-order valence-corrected chi connectivity index (χ1v) is 13.1. The van der Waals surface area contributed by atoms with Crippen LogP contribution in [0.15, 0.2) is 30.3 Å². The zero-order valence-corrected chi connectivity index (χ0v) is 21.4. The Morgan fingerprint density at radius 2 is 1.76 bits per heavy atom. The normalized spacial score (nSPS) is 23.8. The molecule has 3 rings (SSSR count). The van der Waals surface area contributed by atoms with Gasteiger partial charge in [-0.25, -0.2) is 4.79 Å². The van der Waals surface area contributed by atoms with Crippen LogP contribution in [0.5, 0.6) is 0 Å². The van der Waals surface area contributed by atoms with E-state index in [-0.39, 0.29) is 12.1 Å². The van der Waals surface area contributed by atoms with E-state index in [0.717, 1.165) is 38.4 Å². The smallest absolute Gasteiger partial charge is 0.407 e. The molecule has 5 heteroatoms. The summed E-state index contributed by atoms with van der Waals surface area (Å²) in [5.74, 6) is 0.741. The third kappa shape index (κ3) is 8.94. The van der Waals surface area contributed by atoms with Crippen molar-refractivity contribution in [1.29, 1.82) is 0 Å². The molecule has 0 atom stereocenters. The standard InChI is InChI=1S/C28H46N2O3/c1-5-32-22-28(16-15-23-9-7-6-8-10-23)17-19-30(20-18-28)21-24-11-13-25(14-12-24)29-26(31)33-27(2,3)4/h6-10,24-25H,5,11-22H2,1-4H3,(H,29,31). The molecule has 1 aromatic rings. The first-order chi connectivity index (χ1) is 15.8. The maximum atomic E-state index is 12.1. The molecule has 0 bridgehead atoms. The third-order valence-electron chi connectivity index (χ3n) is 7.40. The fourth-order valence-electron chi connectivity index (χ4n) is 5.38. The number of aryl methyl sites for hydroxylation is 1. The van der Waals surface area contributed by atoms with Crippen molar-refractivity contribution in [3.05, 3.63) is 35.9 Å². The number of piperidine rings is 1. The predicted octanol–water partition coefficient (Wildman–Crippen LogP) is 5.82. The minimum Gasteiger partial charge on any atom is -0.444 e. The van der Waals surface area contributed by atoms with Crippen molar-refractivity contribution >= 4 is 6.09 Å². The van der Waals surface area contributed by atoms with Gasteiger partial charge in [-0.1, -0.05) is 30.3 Å². The molecule has 0 unspecified atom stereocenters. The van der Waals surface area contributed by atoms with E-state index in [9.17, 15) is 4.79 Å². The van der Waals surface area contributed by atoms with Crippen LogP contribution in [0.3, 0.4) is 0 Å². The average molecular weight is 459 g/mol. The molecule has 1 aliphatic carbocycles. The zero-order valence-electron chi connectivity index (χ0n) is 21.4. The lowest BCUT2D eigenvalue weighted by molar-refractivity contribution is -0.00496. The van der Waals surface area contributed by atoms with Crippen molar-refractivity contribution in [1.82, 2.24) is 10.2 Å². The van der Waals surface area contributed by atoms with Crippen LogP contribution in [0.4, 0.5) is 4.79 Å². The number of amides is 1. The van der Waals surface area contributed by atoms with Gasteiger partial charge in [0, 0.05) is 19.2 Å². The van der Waals surface area contributed by atoms with Crippen LogP contribution < -0.4 is 5.32 Å². The van der Waals surface area contributed by atoms with E-state index in [2.05, 4.69) is 47.5 Å². The molecule has 1 saturated carbocycles. The largest absolute Gasteiger partial charge is 0.444 e. The van der Waals surface area contributed by atoms with E-state index >= 15 is 0 Å². The molecule has 5 nitrogen and oxygen atoms in total. The van der Waals surface area contributed by atoms with E-state index in [1.165, 1.54) is 57.3 Å². The van der Waals surface area contributed by atoms with Gasteiger partial charge in [0.25, 0.3) is 0 Å². The molecule has 2 aliphatic rings. The molecular weight excluding hydrogens is 412 g/mol. The van der Waals surface area contributed by atoms with Crippen LogP contribution >= 0.6 is 0 Å². The molecule has 1 aliphatic heterocycles. The van der Waals surface area contributed by atoms with Gasteiger partial charge in [0.2, 0.25) is 0 Å². The molecule has 186 valence electrons. The maximum absolute atomic E-state index is 12.1. The minimum absolute atomic E-state index is 0.259. The van der Waals surface area contributed by atoms with Gasteiger partial charge in [0.1, 0.15) is 5.60 Å². The molecule has 0 aromatic heterocycles. The highest BCUT2D eigenvalue weighted by Gasteiger charge is 2.35. The van der Waals surface area contributed by atoms with Gasteiger partial charge in [-0.3, -0.25) is 0 Å². The number of carbonyl (C=O) groups is 1. The van der Waals surface area contributed by atoms with Crippen LogP contribution in [0.1, 0.15) is 78.2 Å². The highest BCUT2D eigenvalue weighted by Crippen LogP contribution is 2.37. The Balaban J connectivity index is 1.41. The molecule has 33 heavy (non-hydrogen) atoms. The SMILES string of the molecule is CCOCC1(CCc2ccccc2)CCN(CC2CCC(NC(=O)OC(C)(C)C)CC2)CC1. The van der Waals surface area contributed by atoms with Gasteiger partial charge < -0.3 is 19.7 Å². The highest BCUT2D eigenvalue weighted by molar-refractivity contribution is 5.68. The van der Waals surface area contributed by atoms with Gasteiger partial charge in [-0.15, -0.1) is 0 Å². The van der Waals surface area contributed by atoms with Gasteiger partial charge in [0.05, 0.1) is 6.61 Å². The molecule has 1 saturated heterocycles. The molecule has 0 radical (unpaired) electrons. The van der Waals surface area contributed by atoms with Crippen LogP contribution in [-0.4, -0.2) is 55.5 Å². The van der Waals surface area contributed by atoms with Crippen molar-refractivity contribution in [3.8, 4) is 0 Å². The first-order valence-electron chi connectivity index (χ1n) is 13.1. The van der Waals surface area contributed by atoms with Crippen molar-refractivity contribution in [2.45, 2.75) is 90.7 Å². The van der Waals surface area contributed by atoms with Crippen LogP contribution in [0.25, 0.3) is 0 Å². The predicted molar refractivity (Wildman–Crippen MR) is 134 cm³/mol. The lowest BCUT2D eigenvalue weighted by atomic mass is 9.74. The highest BCUT2D eigenvalue weighted by atomic mass is 16.6. The minimum atomic E-state index is -0.436. The fourth-order valence-corrected chi connectivity index (χ4v) is 5.38. The number of likely N-dealkylation sites (tertiary alicyclic amines) is 1. The molecule has 1 N–H and O–H groups in total. The second-order valence-electron chi connectivity index (χ2n) is 11.3. The van der Waals surface area contributed by atoms with Crippen molar-refractivity contribution < 1.29 is 14.3 Å². The number of hydrogen-bond acceptors (Lipinski definition) is 4. The summed E-state index contributed by atoms with van der Waals surface area (Å²) in [6, 6.07) is 11.1. The summed E-state index contributed by atoms with van der Waals surface area (Å²) in [6.07, 6.45) is 9.04. The van der Waals surface area contributed by atoms with Crippen LogP contribution in [-0.2, 0) is 15.9 Å². The van der Waals surface area contributed by atoms with Gasteiger partial charge in [-0.2, -0.15) is 0 Å². The summed E-state index contributed by atoms with van der Waals surface area (Å²) in [5.41, 5.74) is 1.32. The maximum Gasteiger partial charge on any atom is 0.407 e. The van der Waals surface area contributed by atoms with E-state index in [1.54, 1.807) is 0 Å². The number of benzene rings is 1. The lowest BCUT2D eigenvalue weighted by Gasteiger charge is -2.43. The third-order valence-corrected chi connectivity index (χ3v) is 7.40. The fraction of sp³-hybridized carbons (Fsp3) is 0.750. The van der Waals surface area contributed by atoms with Crippen molar-refractivity contribution in [2.75, 3.05) is 32.8 Å². The van der Waals surface area contributed by atoms with E-state index < -0.39 is 5.60 Å². The average Bonchev–Trinajstić information content (AvgIpc) is 2.78. The zero-order chi connectivity index (χ0) is 23.7. The quantitative estimate of drug-likeness (QED) is 0.506. The summed E-state index contributed by atoms with van der Waals surface area (Å²) < 4.78 is 11.4. The van der Waals surface area contributed by atoms with E-state index in [1.807, 2.05) is 20.8 Å². The second kappa shape index (κ2) is 12.2. The van der Waals surface area contributed by atoms with Gasteiger partial charge in [0.15, 0.2) is 0 Å². The Morgan fingerprint density at radius 3 is 2.36 bits per heavy atom. The number of hydrogen-bond donors (Lipinski definition) is 1. The van der Waals surface area contributed by atoms with Crippen molar-refractivity contribution in [2.24, 2.45) is 11.3 Å². The van der Waals surface area contributed by atoms with Crippen LogP contribution in [0, 0.1) is 11.3 Å². The summed E-state index contributed by atoms with van der Waals surface area (Å²) in [6.45, 7) is 13.1. The molecule has 1 aromatic carbocycles. The first kappa shape index (κ1) is 26.0. The number of ether oxygens (including phenoxy) is 2. The summed E-state index contributed by atoms with van der Waals surface area (Å²) in [5, 5.41) is 3.07. The molecular formula is C28H46N2O3. The van der Waals surface area contributed by atoms with Crippen molar-refractivity contribution in [3.63, 3.8) is 0 Å². The summed E-state index contributed by atoms with van der Waals surface area (Å²) >= 11 is 0. The number of nitrogens with one attached hydrogen (secondary N) is 1. The Kier molecular flexibility index (Phi) is 9.63. The topological polar surface area (TPSA) is 50.8 Å².